The minimum Gasteiger partial charge on any atom is -0.369 e. The lowest BCUT2D eigenvalue weighted by Crippen LogP contribution is -2.43. The molecule has 1 N–H and O–H groups in total. The van der Waals surface area contributed by atoms with Crippen molar-refractivity contribution in [3.8, 4) is 0 Å². The van der Waals surface area contributed by atoms with Gasteiger partial charge < -0.3 is 4.74 Å². The van der Waals surface area contributed by atoms with Gasteiger partial charge in [0.25, 0.3) is 10.0 Å². The van der Waals surface area contributed by atoms with Crippen molar-refractivity contribution in [1.82, 2.24) is 19.7 Å². The molecule has 21 heavy (non-hydrogen) atoms. The lowest BCUT2D eigenvalue weighted by atomic mass is 9.93. The third-order valence-corrected chi connectivity index (χ3v) is 5.76. The van der Waals surface area contributed by atoms with Gasteiger partial charge in [0.05, 0.1) is 12.8 Å². The second-order valence-electron chi connectivity index (χ2n) is 5.14. The summed E-state index contributed by atoms with van der Waals surface area (Å²) in [5, 5.41) is 9.19. The van der Waals surface area contributed by atoms with E-state index < -0.39 is 15.6 Å². The number of aryl methyl sites for hydroxylation is 1. The first kappa shape index (κ1) is 14.6. The van der Waals surface area contributed by atoms with Gasteiger partial charge in [-0.05, 0) is 23.9 Å². The average molecular weight is 328 g/mol. The Morgan fingerprint density at radius 3 is 3.10 bits per heavy atom. The maximum Gasteiger partial charge on any atom is 0.261 e. The summed E-state index contributed by atoms with van der Waals surface area (Å²) in [6, 6.07) is 2.00. The van der Waals surface area contributed by atoms with Crippen LogP contribution in [0.4, 0.5) is 0 Å². The van der Waals surface area contributed by atoms with E-state index in [2.05, 4.69) is 15.0 Å². The largest absolute Gasteiger partial charge is 0.369 e. The number of sulfonamides is 1. The summed E-state index contributed by atoms with van der Waals surface area (Å²) in [6.07, 6.45) is 2.24. The SMILES string of the molecule is Cn1cc(S(=O)(=O)NCC2(C)OCCc3sccc32)nn1. The van der Waals surface area contributed by atoms with Crippen LogP contribution in [0, 0.1) is 0 Å². The molecule has 1 aliphatic rings. The van der Waals surface area contributed by atoms with Crippen molar-refractivity contribution in [2.45, 2.75) is 24.0 Å². The second-order valence-corrected chi connectivity index (χ2v) is 7.86. The van der Waals surface area contributed by atoms with E-state index in [0.29, 0.717) is 6.61 Å². The van der Waals surface area contributed by atoms with Gasteiger partial charge in [0, 0.05) is 24.9 Å². The third-order valence-electron chi connectivity index (χ3n) is 3.52. The number of nitrogens with one attached hydrogen (secondary N) is 1. The maximum atomic E-state index is 12.2. The van der Waals surface area contributed by atoms with Crippen LogP contribution in [0.5, 0.6) is 0 Å². The maximum absolute atomic E-state index is 12.2. The van der Waals surface area contributed by atoms with E-state index in [9.17, 15) is 8.42 Å². The summed E-state index contributed by atoms with van der Waals surface area (Å²) in [5.74, 6) is 0. The van der Waals surface area contributed by atoms with Gasteiger partial charge in [0.1, 0.15) is 5.60 Å². The van der Waals surface area contributed by atoms with Gasteiger partial charge in [-0.25, -0.2) is 13.1 Å². The fraction of sp³-hybridized carbons (Fsp3) is 0.500. The highest BCUT2D eigenvalue weighted by atomic mass is 32.2. The molecule has 0 spiro atoms. The molecule has 114 valence electrons. The minimum atomic E-state index is -3.68. The quantitative estimate of drug-likeness (QED) is 0.890. The normalized spacial score (nSPS) is 22.2. The van der Waals surface area contributed by atoms with Crippen LogP contribution in [0.15, 0.2) is 22.7 Å². The number of nitrogens with zero attached hydrogens (tertiary/aromatic N) is 3. The first-order valence-corrected chi connectivity index (χ1v) is 8.84. The Hall–Kier alpha value is -1.29. The number of hydrogen-bond donors (Lipinski definition) is 1. The number of aromatic nitrogens is 3. The van der Waals surface area contributed by atoms with Crippen LogP contribution in [0.1, 0.15) is 17.4 Å². The molecule has 0 bridgehead atoms. The van der Waals surface area contributed by atoms with Gasteiger partial charge in [-0.15, -0.1) is 16.4 Å². The van der Waals surface area contributed by atoms with E-state index in [1.165, 1.54) is 15.8 Å². The predicted molar refractivity (Wildman–Crippen MR) is 77.5 cm³/mol. The number of rotatable bonds is 4. The van der Waals surface area contributed by atoms with Crippen LogP contribution in [0.3, 0.4) is 0 Å². The number of hydrogen-bond acceptors (Lipinski definition) is 6. The zero-order valence-corrected chi connectivity index (χ0v) is 13.4. The molecule has 3 heterocycles. The van der Waals surface area contributed by atoms with Crippen LogP contribution in [-0.2, 0) is 33.8 Å². The highest BCUT2D eigenvalue weighted by molar-refractivity contribution is 7.89. The Kier molecular flexibility index (Phi) is 3.60. The molecule has 1 atom stereocenters. The molecule has 1 unspecified atom stereocenters. The van der Waals surface area contributed by atoms with Gasteiger partial charge in [-0.2, -0.15) is 0 Å². The van der Waals surface area contributed by atoms with Gasteiger partial charge in [-0.1, -0.05) is 5.21 Å². The molecule has 0 saturated heterocycles. The van der Waals surface area contributed by atoms with Crippen molar-refractivity contribution >= 4 is 21.4 Å². The van der Waals surface area contributed by atoms with Gasteiger partial charge in [0.15, 0.2) is 0 Å². The molecule has 0 aliphatic carbocycles. The fourth-order valence-electron chi connectivity index (χ4n) is 2.35. The number of fused-ring (bicyclic) bond motifs is 1. The van der Waals surface area contributed by atoms with E-state index in [1.807, 2.05) is 18.4 Å². The summed E-state index contributed by atoms with van der Waals surface area (Å²) < 4.78 is 34.1. The first-order valence-electron chi connectivity index (χ1n) is 6.47. The minimum absolute atomic E-state index is 0.0880. The Morgan fingerprint density at radius 2 is 2.38 bits per heavy atom. The first-order chi connectivity index (χ1) is 9.91. The smallest absolute Gasteiger partial charge is 0.261 e. The van der Waals surface area contributed by atoms with Crippen molar-refractivity contribution in [1.29, 1.82) is 0 Å². The zero-order chi connectivity index (χ0) is 15.1. The zero-order valence-electron chi connectivity index (χ0n) is 11.7. The lowest BCUT2D eigenvalue weighted by molar-refractivity contribution is -0.0403. The Morgan fingerprint density at radius 1 is 1.57 bits per heavy atom. The summed E-state index contributed by atoms with van der Waals surface area (Å²) in [6.45, 7) is 2.66. The molecule has 0 saturated carbocycles. The molecular formula is C12H16N4O3S2. The van der Waals surface area contributed by atoms with Gasteiger partial charge >= 0.3 is 0 Å². The van der Waals surface area contributed by atoms with Gasteiger partial charge in [-0.3, -0.25) is 4.68 Å². The van der Waals surface area contributed by atoms with Crippen LogP contribution < -0.4 is 4.72 Å². The molecular weight excluding hydrogens is 312 g/mol. The fourth-order valence-corrected chi connectivity index (χ4v) is 4.38. The van der Waals surface area contributed by atoms with Crippen molar-refractivity contribution in [2.24, 2.45) is 7.05 Å². The molecule has 0 fully saturated rings. The Balaban J connectivity index is 1.79. The van der Waals surface area contributed by atoms with E-state index in [0.717, 1.165) is 12.0 Å². The van der Waals surface area contributed by atoms with E-state index in [4.69, 9.17) is 4.74 Å². The number of thiophene rings is 1. The van der Waals surface area contributed by atoms with Crippen molar-refractivity contribution in [3.05, 3.63) is 28.1 Å². The van der Waals surface area contributed by atoms with Crippen molar-refractivity contribution < 1.29 is 13.2 Å². The van der Waals surface area contributed by atoms with Crippen LogP contribution >= 0.6 is 11.3 Å². The summed E-state index contributed by atoms with van der Waals surface area (Å²) in [4.78, 5) is 1.25. The summed E-state index contributed by atoms with van der Waals surface area (Å²) >= 11 is 1.68. The second kappa shape index (κ2) is 5.16. The highest BCUT2D eigenvalue weighted by Gasteiger charge is 2.35. The van der Waals surface area contributed by atoms with Crippen molar-refractivity contribution in [2.75, 3.05) is 13.2 Å². The average Bonchev–Trinajstić information content (AvgIpc) is 3.06. The van der Waals surface area contributed by atoms with Crippen molar-refractivity contribution in [3.63, 3.8) is 0 Å². The monoisotopic (exact) mass is 328 g/mol. The molecule has 2 aromatic heterocycles. The van der Waals surface area contributed by atoms with E-state index in [-0.39, 0.29) is 11.6 Å². The molecule has 7 nitrogen and oxygen atoms in total. The van der Waals surface area contributed by atoms with E-state index in [1.54, 1.807) is 18.4 Å². The topological polar surface area (TPSA) is 86.1 Å². The van der Waals surface area contributed by atoms with Crippen LogP contribution in [0.2, 0.25) is 0 Å². The molecule has 1 aliphatic heterocycles. The molecule has 3 rings (SSSR count). The molecule has 0 aromatic carbocycles. The molecule has 2 aromatic rings. The summed E-state index contributed by atoms with van der Waals surface area (Å²) in [7, 11) is -2.06. The van der Waals surface area contributed by atoms with E-state index >= 15 is 0 Å². The molecule has 0 amide bonds. The summed E-state index contributed by atoms with van der Waals surface area (Å²) in [5.41, 5.74) is 0.406. The standard InChI is InChI=1S/C12H16N4O3S2/c1-12(9-4-6-20-10(9)3-5-19-12)8-13-21(17,18)11-7-16(2)15-14-11/h4,6-7,13H,3,5,8H2,1-2H3. The molecule has 0 radical (unpaired) electrons. The predicted octanol–water partition coefficient (Wildman–Crippen LogP) is 0.643. The van der Waals surface area contributed by atoms with Crippen LogP contribution in [0.25, 0.3) is 0 Å². The highest BCUT2D eigenvalue weighted by Crippen LogP contribution is 2.35. The van der Waals surface area contributed by atoms with Crippen LogP contribution in [-0.4, -0.2) is 36.6 Å². The molecule has 9 heteroatoms. The Bertz CT molecular complexity index is 752. The third kappa shape index (κ3) is 2.73. The lowest BCUT2D eigenvalue weighted by Gasteiger charge is -2.34. The Labute approximate surface area is 127 Å². The number of ether oxygens (including phenoxy) is 1. The van der Waals surface area contributed by atoms with Gasteiger partial charge in [0.2, 0.25) is 5.03 Å².